The largest absolute Gasteiger partial charge is 0.422 e. The fourth-order valence-corrected chi connectivity index (χ4v) is 2.16. The third-order valence-corrected chi connectivity index (χ3v) is 4.83. The Hall–Kier alpha value is 0.0969. The first-order valence-electron chi connectivity index (χ1n) is 4.73. The van der Waals surface area contributed by atoms with Gasteiger partial charge in [-0.2, -0.15) is 0 Å². The van der Waals surface area contributed by atoms with E-state index in [1.807, 2.05) is 6.92 Å². The van der Waals surface area contributed by atoms with Crippen molar-refractivity contribution in [3.63, 3.8) is 0 Å². The zero-order valence-corrected chi connectivity index (χ0v) is 10.9. The summed E-state index contributed by atoms with van der Waals surface area (Å²) in [5, 5.41) is -0.209. The number of ether oxygens (including phenoxy) is 1. The van der Waals surface area contributed by atoms with Crippen molar-refractivity contribution in [1.82, 2.24) is 0 Å². The van der Waals surface area contributed by atoms with E-state index in [-0.39, 0.29) is 10.6 Å². The van der Waals surface area contributed by atoms with Crippen LogP contribution in [0.5, 0.6) is 0 Å². The van der Waals surface area contributed by atoms with Crippen LogP contribution in [0.4, 0.5) is 0 Å². The molecule has 2 N–H and O–H groups in total. The second-order valence-corrected chi connectivity index (χ2v) is 6.54. The molecule has 0 rings (SSSR count). The Bertz CT molecular complexity index is 149. The minimum atomic E-state index is -0.687. The molecular weight excluding hydrogens is 182 g/mol. The highest BCUT2D eigenvalue weighted by Crippen LogP contribution is 2.27. The van der Waals surface area contributed by atoms with E-state index in [4.69, 9.17) is 14.9 Å². The number of nitrogens with two attached hydrogens (primary N) is 1. The average molecular weight is 205 g/mol. The summed E-state index contributed by atoms with van der Waals surface area (Å²) in [6.45, 7) is 9.77. The zero-order valence-electron chi connectivity index (χ0n) is 9.52. The summed E-state index contributed by atoms with van der Waals surface area (Å²) in [6, 6.07) is 0. The highest BCUT2D eigenvalue weighted by Gasteiger charge is 2.38. The summed E-state index contributed by atoms with van der Waals surface area (Å²) < 4.78 is 10.6. The van der Waals surface area contributed by atoms with Gasteiger partial charge in [0.1, 0.15) is 0 Å². The number of methoxy groups -OCH3 is 1. The average Bonchev–Trinajstić information content (AvgIpc) is 2.00. The van der Waals surface area contributed by atoms with E-state index < -0.39 is 9.76 Å². The molecule has 0 radical (unpaired) electrons. The van der Waals surface area contributed by atoms with Crippen molar-refractivity contribution in [2.75, 3.05) is 20.3 Å². The Balaban J connectivity index is 4.22. The van der Waals surface area contributed by atoms with Crippen LogP contribution in [0.1, 0.15) is 27.7 Å². The highest BCUT2D eigenvalue weighted by atomic mass is 28.2. The molecule has 1 unspecified atom stereocenters. The lowest BCUT2D eigenvalue weighted by atomic mass is 9.86. The third kappa shape index (κ3) is 3.77. The van der Waals surface area contributed by atoms with Crippen molar-refractivity contribution in [2.24, 2.45) is 11.1 Å². The van der Waals surface area contributed by atoms with Gasteiger partial charge >= 0.3 is 0 Å². The summed E-state index contributed by atoms with van der Waals surface area (Å²) in [5.41, 5.74) is 6.21. The topological polar surface area (TPSA) is 44.5 Å². The quantitative estimate of drug-likeness (QED) is 0.641. The molecule has 80 valence electrons. The zero-order chi connectivity index (χ0) is 10.5. The fourth-order valence-electron chi connectivity index (χ4n) is 1.04. The van der Waals surface area contributed by atoms with Gasteiger partial charge in [0, 0.05) is 24.3 Å². The molecule has 1 atom stereocenters. The maximum atomic E-state index is 6.22. The van der Waals surface area contributed by atoms with Gasteiger partial charge in [0.15, 0.2) is 9.76 Å². The van der Waals surface area contributed by atoms with Crippen molar-refractivity contribution < 1.29 is 9.16 Å². The minimum Gasteiger partial charge on any atom is -0.422 e. The van der Waals surface area contributed by atoms with E-state index in [1.165, 1.54) is 0 Å². The van der Waals surface area contributed by atoms with Gasteiger partial charge in [-0.05, 0) is 13.8 Å². The number of rotatable bonds is 6. The van der Waals surface area contributed by atoms with Crippen LogP contribution in [0.15, 0.2) is 0 Å². The van der Waals surface area contributed by atoms with Gasteiger partial charge in [-0.3, -0.25) is 0 Å². The number of hydrogen-bond acceptors (Lipinski definition) is 3. The lowest BCUT2D eigenvalue weighted by molar-refractivity contribution is 0.0717. The van der Waals surface area contributed by atoms with Gasteiger partial charge in [0.25, 0.3) is 0 Å². The predicted octanol–water partition coefficient (Wildman–Crippen LogP) is 0.454. The van der Waals surface area contributed by atoms with Crippen LogP contribution in [0.25, 0.3) is 0 Å². The lowest BCUT2D eigenvalue weighted by Gasteiger charge is -2.40. The maximum absolute atomic E-state index is 6.22. The van der Waals surface area contributed by atoms with Crippen molar-refractivity contribution in [1.29, 1.82) is 0 Å². The summed E-state index contributed by atoms with van der Waals surface area (Å²) in [6.07, 6.45) is 0. The lowest BCUT2D eigenvalue weighted by Crippen LogP contribution is -2.57. The summed E-state index contributed by atoms with van der Waals surface area (Å²) in [7, 11) is 1.02. The van der Waals surface area contributed by atoms with Crippen molar-refractivity contribution in [3.05, 3.63) is 0 Å². The molecule has 0 amide bonds. The molecule has 0 aliphatic heterocycles. The van der Waals surface area contributed by atoms with E-state index in [2.05, 4.69) is 20.8 Å². The Morgan fingerprint density at radius 2 is 1.85 bits per heavy atom. The molecule has 0 aromatic heterocycles. The normalized spacial score (nSPS) is 18.0. The molecule has 0 heterocycles. The van der Waals surface area contributed by atoms with Crippen LogP contribution >= 0.6 is 0 Å². The Morgan fingerprint density at radius 1 is 1.31 bits per heavy atom. The van der Waals surface area contributed by atoms with Crippen LogP contribution in [-0.4, -0.2) is 35.2 Å². The second kappa shape index (κ2) is 5.10. The maximum Gasteiger partial charge on any atom is 0.181 e. The van der Waals surface area contributed by atoms with Crippen LogP contribution in [0.3, 0.4) is 0 Å². The van der Waals surface area contributed by atoms with Gasteiger partial charge < -0.3 is 14.9 Å². The van der Waals surface area contributed by atoms with E-state index in [1.54, 1.807) is 7.11 Å². The van der Waals surface area contributed by atoms with Crippen molar-refractivity contribution in [2.45, 2.75) is 32.9 Å². The molecule has 0 aromatic carbocycles. The first-order chi connectivity index (χ1) is 5.87. The van der Waals surface area contributed by atoms with Gasteiger partial charge in [-0.1, -0.05) is 13.8 Å². The van der Waals surface area contributed by atoms with Crippen LogP contribution in [0, 0.1) is 5.41 Å². The summed E-state index contributed by atoms with van der Waals surface area (Å²) in [4.78, 5) is 0. The molecule has 0 aromatic rings. The standard InChI is InChI=1S/C9H23NO2Si/c1-6-12-13-9(4,10)8(2,3)7-11-5/h6-7,10,13H2,1-5H3. The van der Waals surface area contributed by atoms with Crippen LogP contribution in [-0.2, 0) is 9.16 Å². The van der Waals surface area contributed by atoms with Gasteiger partial charge in [-0.25, -0.2) is 0 Å². The van der Waals surface area contributed by atoms with Gasteiger partial charge in [0.2, 0.25) is 0 Å². The van der Waals surface area contributed by atoms with E-state index in [0.717, 1.165) is 6.61 Å². The van der Waals surface area contributed by atoms with Gasteiger partial charge in [0.05, 0.1) is 6.61 Å². The molecule has 0 fully saturated rings. The highest BCUT2D eigenvalue weighted by molar-refractivity contribution is 6.32. The molecule has 0 bridgehead atoms. The SMILES string of the molecule is CCO[SiH2]C(C)(N)C(C)(C)COC. The Morgan fingerprint density at radius 3 is 2.23 bits per heavy atom. The van der Waals surface area contributed by atoms with Crippen LogP contribution in [0.2, 0.25) is 0 Å². The summed E-state index contributed by atoms with van der Waals surface area (Å²) in [5.74, 6) is 0. The van der Waals surface area contributed by atoms with E-state index in [9.17, 15) is 0 Å². The smallest absolute Gasteiger partial charge is 0.181 e. The molecule has 0 spiro atoms. The Kier molecular flexibility index (Phi) is 5.13. The Labute approximate surface area is 83.9 Å². The fraction of sp³-hybridized carbons (Fsp3) is 1.00. The molecule has 0 aliphatic rings. The van der Waals surface area contributed by atoms with E-state index in [0.29, 0.717) is 6.61 Å². The molecule has 0 aliphatic carbocycles. The summed E-state index contributed by atoms with van der Waals surface area (Å²) >= 11 is 0. The van der Waals surface area contributed by atoms with Crippen molar-refractivity contribution >= 4 is 9.76 Å². The molecular formula is C9H23NO2Si. The molecule has 4 heteroatoms. The van der Waals surface area contributed by atoms with Gasteiger partial charge in [-0.15, -0.1) is 0 Å². The number of hydrogen-bond donors (Lipinski definition) is 1. The third-order valence-electron chi connectivity index (χ3n) is 2.66. The molecule has 3 nitrogen and oxygen atoms in total. The first kappa shape index (κ1) is 13.1. The molecule has 0 saturated carbocycles. The van der Waals surface area contributed by atoms with Crippen LogP contribution < -0.4 is 5.73 Å². The van der Waals surface area contributed by atoms with Crippen molar-refractivity contribution in [3.8, 4) is 0 Å². The first-order valence-corrected chi connectivity index (χ1v) is 6.01. The molecule has 13 heavy (non-hydrogen) atoms. The molecule has 0 saturated heterocycles. The van der Waals surface area contributed by atoms with E-state index >= 15 is 0 Å². The monoisotopic (exact) mass is 205 g/mol. The second-order valence-electron chi connectivity index (χ2n) is 4.37. The minimum absolute atomic E-state index is 0.0108. The predicted molar refractivity (Wildman–Crippen MR) is 58.4 cm³/mol.